The van der Waals surface area contributed by atoms with E-state index >= 15 is 0 Å². The Labute approximate surface area is 130 Å². The summed E-state index contributed by atoms with van der Waals surface area (Å²) >= 11 is 0. The number of halogens is 1. The lowest BCUT2D eigenvalue weighted by molar-refractivity contribution is -0.116. The van der Waals surface area contributed by atoms with Crippen LogP contribution in [0, 0.1) is 12.7 Å². The Morgan fingerprint density at radius 3 is 2.91 bits per heavy atom. The molecule has 0 aliphatic heterocycles. The molecule has 1 amide bonds. The lowest BCUT2D eigenvalue weighted by Crippen LogP contribution is -2.27. The number of aryl methyl sites for hydroxylation is 2. The Morgan fingerprint density at radius 1 is 1.39 bits per heavy atom. The summed E-state index contributed by atoms with van der Waals surface area (Å²) in [6, 6.07) is 4.40. The Hall–Kier alpha value is -3.03. The van der Waals surface area contributed by atoms with E-state index in [0.29, 0.717) is 22.3 Å². The van der Waals surface area contributed by atoms with Crippen LogP contribution in [0.4, 0.5) is 10.1 Å². The van der Waals surface area contributed by atoms with Gasteiger partial charge in [-0.25, -0.2) is 9.37 Å². The third kappa shape index (κ3) is 2.83. The molecule has 1 aromatic carbocycles. The van der Waals surface area contributed by atoms with E-state index in [2.05, 4.69) is 15.4 Å². The Balaban J connectivity index is 1.81. The van der Waals surface area contributed by atoms with Crippen molar-refractivity contribution < 1.29 is 9.18 Å². The molecule has 3 rings (SSSR count). The maximum absolute atomic E-state index is 13.5. The van der Waals surface area contributed by atoms with E-state index in [4.69, 9.17) is 0 Å². The summed E-state index contributed by atoms with van der Waals surface area (Å²) in [5.74, 6) is -0.848. The van der Waals surface area contributed by atoms with E-state index in [1.807, 2.05) is 0 Å². The second-order valence-electron chi connectivity index (χ2n) is 5.20. The number of nitrogens with zero attached hydrogens (tertiary/aromatic N) is 4. The first kappa shape index (κ1) is 14.9. The van der Waals surface area contributed by atoms with Gasteiger partial charge in [-0.2, -0.15) is 5.10 Å². The number of rotatable bonds is 3. The quantitative estimate of drug-likeness (QED) is 0.788. The first-order chi connectivity index (χ1) is 11.0. The lowest BCUT2D eigenvalue weighted by atomic mass is 10.2. The number of carbonyl (C=O) groups is 1. The van der Waals surface area contributed by atoms with E-state index in [1.54, 1.807) is 26.1 Å². The number of anilines is 1. The molecule has 1 N–H and O–H groups in total. The molecular weight excluding hydrogens is 301 g/mol. The highest BCUT2D eigenvalue weighted by Gasteiger charge is 2.11. The molecule has 0 aliphatic carbocycles. The van der Waals surface area contributed by atoms with Gasteiger partial charge in [0.15, 0.2) is 5.65 Å². The SMILES string of the molecule is Cc1ccc(NC(=O)Cn2cnc3c(cnn3C)c2=O)cc1F. The van der Waals surface area contributed by atoms with Crippen molar-refractivity contribution in [2.24, 2.45) is 7.05 Å². The second kappa shape index (κ2) is 5.64. The van der Waals surface area contributed by atoms with Gasteiger partial charge in [-0.05, 0) is 24.6 Å². The normalized spacial score (nSPS) is 10.9. The van der Waals surface area contributed by atoms with Gasteiger partial charge in [-0.3, -0.25) is 18.8 Å². The molecule has 0 saturated carbocycles. The number of amides is 1. The van der Waals surface area contributed by atoms with Gasteiger partial charge in [-0.15, -0.1) is 0 Å². The van der Waals surface area contributed by atoms with Gasteiger partial charge in [-0.1, -0.05) is 6.07 Å². The van der Waals surface area contributed by atoms with Gasteiger partial charge >= 0.3 is 0 Å². The summed E-state index contributed by atoms with van der Waals surface area (Å²) in [6.45, 7) is 1.42. The van der Waals surface area contributed by atoms with Crippen molar-refractivity contribution in [2.75, 3.05) is 5.32 Å². The lowest BCUT2D eigenvalue weighted by Gasteiger charge is -2.08. The molecule has 0 spiro atoms. The van der Waals surface area contributed by atoms with Crippen molar-refractivity contribution in [3.05, 3.63) is 52.5 Å². The fraction of sp³-hybridized carbons (Fsp3) is 0.200. The van der Waals surface area contributed by atoms with Crippen LogP contribution in [0.2, 0.25) is 0 Å². The summed E-state index contributed by atoms with van der Waals surface area (Å²) < 4.78 is 16.1. The molecule has 118 valence electrons. The molecule has 0 fully saturated rings. The molecule has 7 nitrogen and oxygen atoms in total. The van der Waals surface area contributed by atoms with E-state index in [1.165, 1.54) is 27.8 Å². The predicted molar refractivity (Wildman–Crippen MR) is 82.5 cm³/mol. The van der Waals surface area contributed by atoms with Crippen LogP contribution < -0.4 is 10.9 Å². The van der Waals surface area contributed by atoms with Crippen LogP contribution in [0.25, 0.3) is 11.0 Å². The molecule has 0 bridgehead atoms. The highest BCUT2D eigenvalue weighted by atomic mass is 19.1. The minimum absolute atomic E-state index is 0.216. The largest absolute Gasteiger partial charge is 0.324 e. The number of carbonyl (C=O) groups excluding carboxylic acids is 1. The average molecular weight is 315 g/mol. The molecule has 0 radical (unpaired) electrons. The zero-order valence-electron chi connectivity index (χ0n) is 12.6. The number of hydrogen-bond donors (Lipinski definition) is 1. The molecule has 0 aliphatic rings. The van der Waals surface area contributed by atoms with Crippen LogP contribution in [0.15, 0.2) is 35.5 Å². The molecule has 0 unspecified atom stereocenters. The van der Waals surface area contributed by atoms with Gasteiger partial charge < -0.3 is 5.32 Å². The standard InChI is InChI=1S/C15H14FN5O2/c1-9-3-4-10(5-12(9)16)19-13(22)7-21-8-17-14-11(15(21)23)6-18-20(14)2/h3-6,8H,7H2,1-2H3,(H,19,22). The fourth-order valence-corrected chi connectivity index (χ4v) is 2.21. The van der Waals surface area contributed by atoms with Crippen molar-refractivity contribution >= 4 is 22.6 Å². The number of fused-ring (bicyclic) bond motifs is 1. The van der Waals surface area contributed by atoms with Crippen molar-refractivity contribution in [3.8, 4) is 0 Å². The van der Waals surface area contributed by atoms with E-state index < -0.39 is 11.7 Å². The third-order valence-electron chi connectivity index (χ3n) is 3.49. The van der Waals surface area contributed by atoms with Crippen molar-refractivity contribution in [2.45, 2.75) is 13.5 Å². The molecule has 0 saturated heterocycles. The maximum atomic E-state index is 13.5. The van der Waals surface area contributed by atoms with Crippen molar-refractivity contribution in [3.63, 3.8) is 0 Å². The molecule has 2 heterocycles. The van der Waals surface area contributed by atoms with Gasteiger partial charge in [0.25, 0.3) is 5.56 Å². The number of benzene rings is 1. The van der Waals surface area contributed by atoms with Crippen LogP contribution in [-0.4, -0.2) is 25.2 Å². The summed E-state index contributed by atoms with van der Waals surface area (Å²) in [5.41, 5.74) is 0.924. The maximum Gasteiger partial charge on any atom is 0.264 e. The molecule has 23 heavy (non-hydrogen) atoms. The summed E-state index contributed by atoms with van der Waals surface area (Å²) in [7, 11) is 1.68. The zero-order valence-corrected chi connectivity index (χ0v) is 12.6. The van der Waals surface area contributed by atoms with E-state index in [0.717, 1.165) is 0 Å². The molecule has 3 aromatic rings. The molecule has 0 atom stereocenters. The topological polar surface area (TPSA) is 81.8 Å². The van der Waals surface area contributed by atoms with Crippen molar-refractivity contribution in [1.82, 2.24) is 19.3 Å². The van der Waals surface area contributed by atoms with E-state index in [-0.39, 0.29) is 12.1 Å². The Morgan fingerprint density at radius 2 is 2.17 bits per heavy atom. The second-order valence-corrected chi connectivity index (χ2v) is 5.20. The molecular formula is C15H14FN5O2. The minimum Gasteiger partial charge on any atom is -0.324 e. The summed E-state index contributed by atoms with van der Waals surface area (Å²) in [5, 5.41) is 6.85. The first-order valence-electron chi connectivity index (χ1n) is 6.89. The zero-order chi connectivity index (χ0) is 16.6. The summed E-state index contributed by atoms with van der Waals surface area (Å²) in [4.78, 5) is 28.4. The van der Waals surface area contributed by atoms with Gasteiger partial charge in [0.2, 0.25) is 5.91 Å². The fourth-order valence-electron chi connectivity index (χ4n) is 2.21. The van der Waals surface area contributed by atoms with Crippen LogP contribution >= 0.6 is 0 Å². The van der Waals surface area contributed by atoms with E-state index in [9.17, 15) is 14.0 Å². The van der Waals surface area contributed by atoms with Crippen LogP contribution in [0.1, 0.15) is 5.56 Å². The number of aromatic nitrogens is 4. The highest BCUT2D eigenvalue weighted by molar-refractivity contribution is 5.90. The minimum atomic E-state index is -0.444. The van der Waals surface area contributed by atoms with Crippen LogP contribution in [-0.2, 0) is 18.4 Å². The number of nitrogens with one attached hydrogen (secondary N) is 1. The predicted octanol–water partition coefficient (Wildman–Crippen LogP) is 1.22. The van der Waals surface area contributed by atoms with Crippen LogP contribution in [0.3, 0.4) is 0 Å². The Kier molecular flexibility index (Phi) is 3.65. The highest BCUT2D eigenvalue weighted by Crippen LogP contribution is 2.13. The van der Waals surface area contributed by atoms with Gasteiger partial charge in [0.05, 0.1) is 6.20 Å². The molecule has 2 aromatic heterocycles. The monoisotopic (exact) mass is 315 g/mol. The third-order valence-corrected chi connectivity index (χ3v) is 3.49. The number of hydrogen-bond acceptors (Lipinski definition) is 4. The molecule has 8 heteroatoms. The van der Waals surface area contributed by atoms with Gasteiger partial charge in [0.1, 0.15) is 24.1 Å². The first-order valence-corrected chi connectivity index (χ1v) is 6.89. The summed E-state index contributed by atoms with van der Waals surface area (Å²) in [6.07, 6.45) is 2.70. The van der Waals surface area contributed by atoms with Gasteiger partial charge in [0, 0.05) is 12.7 Å². The Bertz CT molecular complexity index is 960. The smallest absolute Gasteiger partial charge is 0.264 e. The average Bonchev–Trinajstić information content (AvgIpc) is 2.88. The van der Waals surface area contributed by atoms with Crippen molar-refractivity contribution in [1.29, 1.82) is 0 Å². The van der Waals surface area contributed by atoms with Crippen LogP contribution in [0.5, 0.6) is 0 Å².